The van der Waals surface area contributed by atoms with Crippen molar-refractivity contribution in [1.82, 2.24) is 0 Å². The lowest BCUT2D eigenvalue weighted by Crippen LogP contribution is -2.48. The van der Waals surface area contributed by atoms with E-state index in [9.17, 15) is 0 Å². The Morgan fingerprint density at radius 2 is 1.53 bits per heavy atom. The number of methoxy groups -OCH3 is 1. The minimum absolute atomic E-state index is 0.309. The Labute approximate surface area is 103 Å². The lowest BCUT2D eigenvalue weighted by Gasteiger charge is -2.40. The van der Waals surface area contributed by atoms with Crippen molar-refractivity contribution in [3.63, 3.8) is 0 Å². The second kappa shape index (κ2) is 3.80. The number of benzene rings is 1. The molecule has 1 aliphatic heterocycles. The van der Waals surface area contributed by atoms with Gasteiger partial charge in [-0.25, -0.2) is 4.89 Å². The van der Waals surface area contributed by atoms with Crippen molar-refractivity contribution in [2.75, 3.05) is 7.11 Å². The predicted molar refractivity (Wildman–Crippen MR) is 65.2 cm³/mol. The maximum Gasteiger partial charge on any atom is 0.206 e. The predicted octanol–water partition coefficient (Wildman–Crippen LogP) is 3.25. The van der Waals surface area contributed by atoms with Crippen molar-refractivity contribution in [1.29, 1.82) is 0 Å². The fourth-order valence-electron chi connectivity index (χ4n) is 2.26. The van der Waals surface area contributed by atoms with E-state index in [1.165, 1.54) is 0 Å². The highest BCUT2D eigenvalue weighted by Gasteiger charge is 2.63. The normalized spacial score (nSPS) is 36.1. The van der Waals surface area contributed by atoms with E-state index in [-0.39, 0.29) is 5.41 Å². The molecule has 0 aliphatic carbocycles. The van der Waals surface area contributed by atoms with Crippen LogP contribution in [0, 0.1) is 5.41 Å². The van der Waals surface area contributed by atoms with E-state index in [0.717, 1.165) is 5.56 Å². The monoisotopic (exact) mass is 236 g/mol. The van der Waals surface area contributed by atoms with Crippen molar-refractivity contribution < 1.29 is 14.5 Å². The van der Waals surface area contributed by atoms with E-state index in [4.69, 9.17) is 14.5 Å². The quantitative estimate of drug-likeness (QED) is 0.738. The third-order valence-corrected chi connectivity index (χ3v) is 4.41. The number of ether oxygens (including phenoxy) is 1. The molecule has 0 amide bonds. The summed E-state index contributed by atoms with van der Waals surface area (Å²) in [4.78, 5) is 11.1. The molecule has 1 heterocycles. The number of hydrogen-bond donors (Lipinski definition) is 0. The minimum atomic E-state index is -0.752. The van der Waals surface area contributed by atoms with Gasteiger partial charge in [0, 0.05) is 7.11 Å². The first-order valence-electron chi connectivity index (χ1n) is 5.85. The topological polar surface area (TPSA) is 27.7 Å². The van der Waals surface area contributed by atoms with Crippen LogP contribution in [0.3, 0.4) is 0 Å². The van der Waals surface area contributed by atoms with Gasteiger partial charge in [0.25, 0.3) is 0 Å². The number of rotatable bonds is 2. The van der Waals surface area contributed by atoms with E-state index in [1.807, 2.05) is 44.2 Å². The molecule has 1 aliphatic rings. The van der Waals surface area contributed by atoms with Crippen LogP contribution in [0.1, 0.15) is 33.3 Å². The van der Waals surface area contributed by atoms with Crippen LogP contribution in [0.4, 0.5) is 0 Å². The molecule has 17 heavy (non-hydrogen) atoms. The van der Waals surface area contributed by atoms with Gasteiger partial charge in [-0.1, -0.05) is 44.2 Å². The van der Waals surface area contributed by atoms with Gasteiger partial charge in [-0.3, -0.25) is 0 Å². The molecule has 0 unspecified atom stereocenters. The third-order valence-electron chi connectivity index (χ3n) is 4.41. The average molecular weight is 236 g/mol. The third kappa shape index (κ3) is 1.53. The van der Waals surface area contributed by atoms with E-state index in [0.29, 0.717) is 0 Å². The van der Waals surface area contributed by atoms with Crippen LogP contribution in [0.25, 0.3) is 0 Å². The molecule has 1 fully saturated rings. The molecule has 3 nitrogen and oxygen atoms in total. The van der Waals surface area contributed by atoms with Crippen LogP contribution < -0.4 is 0 Å². The highest BCUT2D eigenvalue weighted by atomic mass is 17.2. The molecule has 0 spiro atoms. The van der Waals surface area contributed by atoms with E-state index >= 15 is 0 Å². The second-order valence-corrected chi connectivity index (χ2v) is 5.34. The van der Waals surface area contributed by atoms with Crippen molar-refractivity contribution in [3.8, 4) is 0 Å². The summed E-state index contributed by atoms with van der Waals surface area (Å²) >= 11 is 0. The van der Waals surface area contributed by atoms with Crippen molar-refractivity contribution in [3.05, 3.63) is 35.9 Å². The molecular weight excluding hydrogens is 216 g/mol. The zero-order valence-electron chi connectivity index (χ0n) is 11.1. The van der Waals surface area contributed by atoms with Gasteiger partial charge in [0.1, 0.15) is 5.60 Å². The van der Waals surface area contributed by atoms with Crippen LogP contribution in [0.2, 0.25) is 0 Å². The largest absolute Gasteiger partial charge is 0.350 e. The maximum absolute atomic E-state index is 5.62. The van der Waals surface area contributed by atoms with Gasteiger partial charge >= 0.3 is 0 Å². The molecule has 1 aromatic carbocycles. The Morgan fingerprint density at radius 1 is 0.941 bits per heavy atom. The molecule has 94 valence electrons. The van der Waals surface area contributed by atoms with E-state index < -0.39 is 11.4 Å². The summed E-state index contributed by atoms with van der Waals surface area (Å²) < 4.78 is 5.48. The minimum Gasteiger partial charge on any atom is -0.350 e. The van der Waals surface area contributed by atoms with Crippen LogP contribution >= 0.6 is 0 Å². The second-order valence-electron chi connectivity index (χ2n) is 5.34. The van der Waals surface area contributed by atoms with Crippen LogP contribution in [0.15, 0.2) is 30.3 Å². The molecule has 0 saturated carbocycles. The van der Waals surface area contributed by atoms with Crippen molar-refractivity contribution in [2.45, 2.75) is 39.1 Å². The van der Waals surface area contributed by atoms with Crippen LogP contribution in [-0.2, 0) is 20.1 Å². The van der Waals surface area contributed by atoms with Gasteiger partial charge < -0.3 is 4.74 Å². The summed E-state index contributed by atoms with van der Waals surface area (Å²) in [6.07, 6.45) is 0. The lowest BCUT2D eigenvalue weighted by atomic mass is 9.68. The van der Waals surface area contributed by atoms with Gasteiger partial charge in [0.05, 0.1) is 5.41 Å². The van der Waals surface area contributed by atoms with Gasteiger partial charge in [0.15, 0.2) is 0 Å². The van der Waals surface area contributed by atoms with Gasteiger partial charge in [-0.2, -0.15) is 4.89 Å². The first kappa shape index (κ1) is 12.6. The SMILES string of the molecule is CO[C@@]1(C)OO[C@@](C)(c2ccccc2)C1(C)C. The zero-order chi connectivity index (χ0) is 12.7. The van der Waals surface area contributed by atoms with Crippen LogP contribution in [0.5, 0.6) is 0 Å². The zero-order valence-corrected chi connectivity index (χ0v) is 11.1. The Morgan fingerprint density at radius 3 is 2.00 bits per heavy atom. The lowest BCUT2D eigenvalue weighted by molar-refractivity contribution is -0.395. The fraction of sp³-hybridized carbons (Fsp3) is 0.571. The summed E-state index contributed by atoms with van der Waals surface area (Å²) in [6, 6.07) is 10.1. The molecule has 3 heteroatoms. The highest BCUT2D eigenvalue weighted by Crippen LogP contribution is 2.56. The first-order valence-corrected chi connectivity index (χ1v) is 5.85. The van der Waals surface area contributed by atoms with Gasteiger partial charge in [-0.05, 0) is 19.4 Å². The Balaban J connectivity index is 2.48. The van der Waals surface area contributed by atoms with Crippen LogP contribution in [-0.4, -0.2) is 12.9 Å². The summed E-state index contributed by atoms with van der Waals surface area (Å²) in [5.74, 6) is -0.752. The molecule has 2 rings (SSSR count). The maximum atomic E-state index is 5.62. The molecule has 0 bridgehead atoms. The molecule has 0 aromatic heterocycles. The molecule has 1 saturated heterocycles. The fourth-order valence-corrected chi connectivity index (χ4v) is 2.26. The Kier molecular flexibility index (Phi) is 2.81. The summed E-state index contributed by atoms with van der Waals surface area (Å²) in [5.41, 5.74) is 0.251. The molecule has 1 aromatic rings. The van der Waals surface area contributed by atoms with Crippen molar-refractivity contribution >= 4 is 0 Å². The van der Waals surface area contributed by atoms with Gasteiger partial charge in [0.2, 0.25) is 5.79 Å². The molecule has 2 atom stereocenters. The molecule has 0 radical (unpaired) electrons. The summed E-state index contributed by atoms with van der Waals surface area (Å²) in [7, 11) is 1.64. The van der Waals surface area contributed by atoms with Gasteiger partial charge in [-0.15, -0.1) is 0 Å². The van der Waals surface area contributed by atoms with E-state index in [1.54, 1.807) is 7.11 Å². The van der Waals surface area contributed by atoms with Crippen molar-refractivity contribution in [2.24, 2.45) is 5.41 Å². The standard InChI is InChI=1S/C14H20O3/c1-12(2)13(3,11-9-7-6-8-10-11)16-17-14(12,4)15-5/h6-10H,1-5H3/t13-,14-/m0/s1. The number of hydrogen-bond acceptors (Lipinski definition) is 3. The Hall–Kier alpha value is -0.900. The molecular formula is C14H20O3. The van der Waals surface area contributed by atoms with E-state index in [2.05, 4.69) is 13.8 Å². The smallest absolute Gasteiger partial charge is 0.206 e. The highest BCUT2D eigenvalue weighted by molar-refractivity contribution is 5.26. The first-order chi connectivity index (χ1) is 7.87. The Bertz CT molecular complexity index is 401. The average Bonchev–Trinajstić information content (AvgIpc) is 2.53. The molecule has 0 N–H and O–H groups in total. The summed E-state index contributed by atoms with van der Waals surface area (Å²) in [5, 5.41) is 0. The summed E-state index contributed by atoms with van der Waals surface area (Å²) in [6.45, 7) is 8.13.